The van der Waals surface area contributed by atoms with Gasteiger partial charge < -0.3 is 4.90 Å². The van der Waals surface area contributed by atoms with E-state index in [0.717, 1.165) is 37.1 Å². The fourth-order valence-electron chi connectivity index (χ4n) is 2.27. The van der Waals surface area contributed by atoms with Crippen molar-refractivity contribution in [2.24, 2.45) is 0 Å². The molecule has 0 bridgehead atoms. The van der Waals surface area contributed by atoms with E-state index in [4.69, 9.17) is 6.42 Å². The maximum Gasteiger partial charge on any atom is 0.231 e. The van der Waals surface area contributed by atoms with Gasteiger partial charge in [-0.2, -0.15) is 0 Å². The van der Waals surface area contributed by atoms with Gasteiger partial charge >= 0.3 is 0 Å². The number of nitrogens with zero attached hydrogens (tertiary/aromatic N) is 2. The van der Waals surface area contributed by atoms with Gasteiger partial charge in [-0.1, -0.05) is 12.3 Å². The Morgan fingerprint density at radius 2 is 2.35 bits per heavy atom. The second-order valence-corrected chi connectivity index (χ2v) is 4.39. The molecule has 88 valence electrons. The highest BCUT2D eigenvalue weighted by molar-refractivity contribution is 5.84. The van der Waals surface area contributed by atoms with E-state index in [0.29, 0.717) is 0 Å². The standard InChI is InChI=1S/C14H16N2O/c1-3-11-7-6-9-15-13(11)12-8-4-5-10-16(2)14(12)17/h1,6-7,9,12H,4-5,8,10H2,2H3. The topological polar surface area (TPSA) is 33.2 Å². The summed E-state index contributed by atoms with van der Waals surface area (Å²) >= 11 is 0. The van der Waals surface area contributed by atoms with Crippen LogP contribution in [0, 0.1) is 12.3 Å². The van der Waals surface area contributed by atoms with Crippen molar-refractivity contribution in [2.75, 3.05) is 13.6 Å². The van der Waals surface area contributed by atoms with Crippen LogP contribution in [0.4, 0.5) is 0 Å². The summed E-state index contributed by atoms with van der Waals surface area (Å²) in [6.07, 6.45) is 10.1. The minimum atomic E-state index is -0.172. The Balaban J connectivity index is 2.37. The Labute approximate surface area is 102 Å². The molecule has 1 aliphatic rings. The third kappa shape index (κ3) is 2.31. The fourth-order valence-corrected chi connectivity index (χ4v) is 2.27. The minimum Gasteiger partial charge on any atom is -0.345 e. The van der Waals surface area contributed by atoms with Crippen LogP contribution in [0.15, 0.2) is 18.3 Å². The van der Waals surface area contributed by atoms with Crippen LogP contribution in [0.25, 0.3) is 0 Å². The van der Waals surface area contributed by atoms with Gasteiger partial charge in [-0.25, -0.2) is 0 Å². The van der Waals surface area contributed by atoms with Crippen molar-refractivity contribution in [2.45, 2.75) is 25.2 Å². The van der Waals surface area contributed by atoms with Gasteiger partial charge in [-0.3, -0.25) is 9.78 Å². The van der Waals surface area contributed by atoms with E-state index >= 15 is 0 Å². The number of carbonyl (C=O) groups excluding carboxylic acids is 1. The summed E-state index contributed by atoms with van der Waals surface area (Å²) in [5.74, 6) is 2.58. The number of likely N-dealkylation sites (tertiary alicyclic amines) is 1. The molecule has 1 saturated heterocycles. The average molecular weight is 228 g/mol. The lowest BCUT2D eigenvalue weighted by atomic mass is 9.95. The van der Waals surface area contributed by atoms with Crippen molar-refractivity contribution in [3.63, 3.8) is 0 Å². The number of amides is 1. The summed E-state index contributed by atoms with van der Waals surface area (Å²) in [5, 5.41) is 0. The van der Waals surface area contributed by atoms with E-state index in [1.54, 1.807) is 11.1 Å². The lowest BCUT2D eigenvalue weighted by Gasteiger charge is -2.20. The largest absolute Gasteiger partial charge is 0.345 e. The third-order valence-corrected chi connectivity index (χ3v) is 3.23. The molecule has 1 aliphatic heterocycles. The highest BCUT2D eigenvalue weighted by Gasteiger charge is 2.28. The van der Waals surface area contributed by atoms with Crippen LogP contribution >= 0.6 is 0 Å². The highest BCUT2D eigenvalue weighted by atomic mass is 16.2. The number of carbonyl (C=O) groups is 1. The zero-order chi connectivity index (χ0) is 12.3. The molecule has 0 spiro atoms. The molecular weight excluding hydrogens is 212 g/mol. The van der Waals surface area contributed by atoms with Crippen LogP contribution in [0.5, 0.6) is 0 Å². The van der Waals surface area contributed by atoms with Gasteiger partial charge in [0.05, 0.1) is 11.6 Å². The number of rotatable bonds is 1. The van der Waals surface area contributed by atoms with E-state index in [-0.39, 0.29) is 11.8 Å². The van der Waals surface area contributed by atoms with Crippen molar-refractivity contribution in [1.82, 2.24) is 9.88 Å². The smallest absolute Gasteiger partial charge is 0.231 e. The first kappa shape index (κ1) is 11.7. The number of hydrogen-bond donors (Lipinski definition) is 0. The maximum absolute atomic E-state index is 12.2. The first-order valence-corrected chi connectivity index (χ1v) is 5.90. The second-order valence-electron chi connectivity index (χ2n) is 4.39. The first-order valence-electron chi connectivity index (χ1n) is 5.90. The SMILES string of the molecule is C#Cc1cccnc1C1CCCCN(C)C1=O. The zero-order valence-corrected chi connectivity index (χ0v) is 10.0. The monoisotopic (exact) mass is 228 g/mol. The Morgan fingerprint density at radius 3 is 3.12 bits per heavy atom. The summed E-state index contributed by atoms with van der Waals surface area (Å²) < 4.78 is 0. The Hall–Kier alpha value is -1.82. The average Bonchev–Trinajstić information content (AvgIpc) is 2.53. The predicted molar refractivity (Wildman–Crippen MR) is 66.4 cm³/mol. The molecule has 0 radical (unpaired) electrons. The van der Waals surface area contributed by atoms with Gasteiger partial charge in [0.15, 0.2) is 0 Å². The number of aromatic nitrogens is 1. The molecule has 3 heteroatoms. The van der Waals surface area contributed by atoms with Crippen LogP contribution in [0.2, 0.25) is 0 Å². The minimum absolute atomic E-state index is 0.137. The van der Waals surface area contributed by atoms with Crippen LogP contribution < -0.4 is 0 Å². The number of terminal acetylenes is 1. The number of likely N-dealkylation sites (N-methyl/N-ethyl adjacent to an activating group) is 1. The fraction of sp³-hybridized carbons (Fsp3) is 0.429. The molecule has 0 saturated carbocycles. The summed E-state index contributed by atoms with van der Waals surface area (Å²) in [6, 6.07) is 3.66. The second kappa shape index (κ2) is 5.01. The molecule has 2 rings (SSSR count). The predicted octanol–water partition coefficient (Wildman–Crippen LogP) is 1.79. The van der Waals surface area contributed by atoms with E-state index < -0.39 is 0 Å². The quantitative estimate of drug-likeness (QED) is 0.687. The van der Waals surface area contributed by atoms with Gasteiger partial charge in [0.25, 0.3) is 0 Å². The van der Waals surface area contributed by atoms with Crippen molar-refractivity contribution in [3.05, 3.63) is 29.6 Å². The molecule has 1 unspecified atom stereocenters. The first-order chi connectivity index (χ1) is 8.24. The van der Waals surface area contributed by atoms with Crippen molar-refractivity contribution in [1.29, 1.82) is 0 Å². The molecule has 1 aromatic rings. The third-order valence-electron chi connectivity index (χ3n) is 3.23. The molecular formula is C14H16N2O. The van der Waals surface area contributed by atoms with Crippen molar-refractivity contribution in [3.8, 4) is 12.3 Å². The Morgan fingerprint density at radius 1 is 1.53 bits per heavy atom. The zero-order valence-electron chi connectivity index (χ0n) is 10.0. The normalized spacial score (nSPS) is 20.8. The molecule has 1 aromatic heterocycles. The lowest BCUT2D eigenvalue weighted by Crippen LogP contribution is -2.31. The molecule has 1 fully saturated rings. The maximum atomic E-state index is 12.2. The molecule has 0 N–H and O–H groups in total. The number of hydrogen-bond acceptors (Lipinski definition) is 2. The molecule has 17 heavy (non-hydrogen) atoms. The van der Waals surface area contributed by atoms with Crippen LogP contribution in [0.3, 0.4) is 0 Å². The number of pyridine rings is 1. The summed E-state index contributed by atoms with van der Waals surface area (Å²) in [6.45, 7) is 0.827. The van der Waals surface area contributed by atoms with E-state index in [1.807, 2.05) is 19.2 Å². The van der Waals surface area contributed by atoms with Crippen molar-refractivity contribution < 1.29 is 4.79 Å². The van der Waals surface area contributed by atoms with Crippen LogP contribution in [0.1, 0.15) is 36.4 Å². The molecule has 3 nitrogen and oxygen atoms in total. The van der Waals surface area contributed by atoms with E-state index in [2.05, 4.69) is 10.9 Å². The highest BCUT2D eigenvalue weighted by Crippen LogP contribution is 2.27. The molecule has 0 aromatic carbocycles. The van der Waals surface area contributed by atoms with E-state index in [1.165, 1.54) is 0 Å². The van der Waals surface area contributed by atoms with Gasteiger partial charge in [-0.05, 0) is 25.0 Å². The molecule has 1 amide bonds. The summed E-state index contributed by atoms with van der Waals surface area (Å²) in [5.41, 5.74) is 1.50. The van der Waals surface area contributed by atoms with Crippen LogP contribution in [-0.2, 0) is 4.79 Å². The molecule has 2 heterocycles. The summed E-state index contributed by atoms with van der Waals surface area (Å²) in [4.78, 5) is 18.3. The summed E-state index contributed by atoms with van der Waals surface area (Å²) in [7, 11) is 1.85. The van der Waals surface area contributed by atoms with Gasteiger partial charge in [-0.15, -0.1) is 6.42 Å². The van der Waals surface area contributed by atoms with Gasteiger partial charge in [0, 0.05) is 25.4 Å². The Kier molecular flexibility index (Phi) is 3.43. The lowest BCUT2D eigenvalue weighted by molar-refractivity contribution is -0.131. The van der Waals surface area contributed by atoms with Crippen molar-refractivity contribution >= 4 is 5.91 Å². The van der Waals surface area contributed by atoms with Gasteiger partial charge in [0.2, 0.25) is 5.91 Å². The van der Waals surface area contributed by atoms with E-state index in [9.17, 15) is 4.79 Å². The molecule has 1 atom stereocenters. The Bertz CT molecular complexity index is 462. The molecule has 0 aliphatic carbocycles. The van der Waals surface area contributed by atoms with Gasteiger partial charge in [0.1, 0.15) is 0 Å². The van der Waals surface area contributed by atoms with Crippen LogP contribution in [-0.4, -0.2) is 29.4 Å².